The number of thioether (sulfide) groups is 1. The van der Waals surface area contributed by atoms with E-state index in [-0.39, 0.29) is 6.04 Å². The van der Waals surface area contributed by atoms with Crippen LogP contribution in [0.3, 0.4) is 0 Å². The van der Waals surface area contributed by atoms with Crippen molar-refractivity contribution in [2.24, 2.45) is 5.92 Å². The summed E-state index contributed by atoms with van der Waals surface area (Å²) < 4.78 is 0. The molecular formula is C13H24N2OS. The molecular weight excluding hydrogens is 232 g/mol. The van der Waals surface area contributed by atoms with Gasteiger partial charge < -0.3 is 10.2 Å². The normalized spacial score (nSPS) is 30.6. The van der Waals surface area contributed by atoms with Crippen molar-refractivity contribution >= 4 is 17.7 Å². The van der Waals surface area contributed by atoms with Crippen LogP contribution in [0.25, 0.3) is 0 Å². The zero-order valence-electron chi connectivity index (χ0n) is 10.9. The quantitative estimate of drug-likeness (QED) is 0.816. The molecule has 2 fully saturated rings. The molecule has 2 unspecified atom stereocenters. The fourth-order valence-electron chi connectivity index (χ4n) is 2.56. The fourth-order valence-corrected chi connectivity index (χ4v) is 3.86. The minimum Gasteiger partial charge on any atom is -0.339 e. The number of hydrogen-bond donors (Lipinski definition) is 1. The van der Waals surface area contributed by atoms with Crippen molar-refractivity contribution in [3.63, 3.8) is 0 Å². The van der Waals surface area contributed by atoms with Gasteiger partial charge in [-0.2, -0.15) is 11.8 Å². The van der Waals surface area contributed by atoms with E-state index in [2.05, 4.69) is 24.1 Å². The van der Waals surface area contributed by atoms with Crippen LogP contribution in [0, 0.1) is 5.92 Å². The van der Waals surface area contributed by atoms with Crippen LogP contribution >= 0.6 is 11.8 Å². The standard InChI is InChI=1S/C13H24N2OS/c1-10(2)12-9-15(7-8-17-12)13(16)11-5-3-4-6-14-11/h10-12,14H,3-9H2,1-2H3. The Hall–Kier alpha value is -0.220. The van der Waals surface area contributed by atoms with Crippen LogP contribution in [0.15, 0.2) is 0 Å². The highest BCUT2D eigenvalue weighted by Crippen LogP contribution is 2.25. The maximum Gasteiger partial charge on any atom is 0.239 e. The van der Waals surface area contributed by atoms with Gasteiger partial charge >= 0.3 is 0 Å². The molecule has 0 aliphatic carbocycles. The smallest absolute Gasteiger partial charge is 0.239 e. The summed E-state index contributed by atoms with van der Waals surface area (Å²) in [6.45, 7) is 7.39. The van der Waals surface area contributed by atoms with Gasteiger partial charge in [0.1, 0.15) is 0 Å². The maximum absolute atomic E-state index is 12.4. The molecule has 98 valence electrons. The van der Waals surface area contributed by atoms with Crippen molar-refractivity contribution in [2.75, 3.05) is 25.4 Å². The highest BCUT2D eigenvalue weighted by atomic mass is 32.2. The van der Waals surface area contributed by atoms with Crippen molar-refractivity contribution in [1.82, 2.24) is 10.2 Å². The molecule has 2 heterocycles. The second-order valence-corrected chi connectivity index (χ2v) is 6.79. The monoisotopic (exact) mass is 256 g/mol. The maximum atomic E-state index is 12.4. The van der Waals surface area contributed by atoms with Crippen LogP contribution in [-0.2, 0) is 4.79 Å². The third-order valence-electron chi connectivity index (χ3n) is 3.76. The second-order valence-electron chi connectivity index (χ2n) is 5.44. The third-order valence-corrected chi connectivity index (χ3v) is 5.30. The Bertz CT molecular complexity index is 264. The molecule has 0 spiro atoms. The number of carbonyl (C=O) groups excluding carboxylic acids is 1. The van der Waals surface area contributed by atoms with E-state index in [0.29, 0.717) is 17.1 Å². The number of carbonyl (C=O) groups is 1. The summed E-state index contributed by atoms with van der Waals surface area (Å²) in [5, 5.41) is 3.98. The Labute approximate surface area is 109 Å². The molecule has 0 aromatic heterocycles. The molecule has 0 aromatic rings. The molecule has 17 heavy (non-hydrogen) atoms. The molecule has 2 rings (SSSR count). The average Bonchev–Trinajstić information content (AvgIpc) is 2.39. The van der Waals surface area contributed by atoms with E-state index in [9.17, 15) is 4.79 Å². The molecule has 2 aliphatic rings. The number of nitrogens with one attached hydrogen (secondary N) is 1. The zero-order valence-corrected chi connectivity index (χ0v) is 11.8. The van der Waals surface area contributed by atoms with Gasteiger partial charge in [0.25, 0.3) is 0 Å². The summed E-state index contributed by atoms with van der Waals surface area (Å²) >= 11 is 2.02. The van der Waals surface area contributed by atoms with E-state index >= 15 is 0 Å². The SMILES string of the molecule is CC(C)C1CN(C(=O)C2CCCCN2)CCS1. The van der Waals surface area contributed by atoms with Crippen LogP contribution < -0.4 is 5.32 Å². The molecule has 0 bridgehead atoms. The van der Waals surface area contributed by atoms with Crippen LogP contribution in [0.1, 0.15) is 33.1 Å². The molecule has 0 radical (unpaired) electrons. The molecule has 1 amide bonds. The number of amides is 1. The van der Waals surface area contributed by atoms with Crippen molar-refractivity contribution in [2.45, 2.75) is 44.4 Å². The lowest BCUT2D eigenvalue weighted by Crippen LogP contribution is -2.52. The van der Waals surface area contributed by atoms with Crippen molar-refractivity contribution < 1.29 is 4.79 Å². The van der Waals surface area contributed by atoms with Crippen LogP contribution in [0.2, 0.25) is 0 Å². The Morgan fingerprint density at radius 3 is 2.88 bits per heavy atom. The highest BCUT2D eigenvalue weighted by Gasteiger charge is 2.30. The second kappa shape index (κ2) is 6.10. The first-order valence-corrected chi connectivity index (χ1v) is 7.87. The van der Waals surface area contributed by atoms with E-state index < -0.39 is 0 Å². The fraction of sp³-hybridized carbons (Fsp3) is 0.923. The van der Waals surface area contributed by atoms with E-state index in [1.165, 1.54) is 12.8 Å². The van der Waals surface area contributed by atoms with E-state index in [4.69, 9.17) is 0 Å². The Kier molecular flexibility index (Phi) is 4.74. The third kappa shape index (κ3) is 3.38. The molecule has 4 heteroatoms. The van der Waals surface area contributed by atoms with Crippen LogP contribution in [0.5, 0.6) is 0 Å². The Balaban J connectivity index is 1.89. The van der Waals surface area contributed by atoms with Crippen LogP contribution in [-0.4, -0.2) is 47.5 Å². The zero-order chi connectivity index (χ0) is 12.3. The van der Waals surface area contributed by atoms with Gasteiger partial charge in [0, 0.05) is 24.1 Å². The van der Waals surface area contributed by atoms with Crippen molar-refractivity contribution in [1.29, 1.82) is 0 Å². The summed E-state index contributed by atoms with van der Waals surface area (Å²) in [5.41, 5.74) is 0. The van der Waals surface area contributed by atoms with Gasteiger partial charge in [-0.3, -0.25) is 4.79 Å². The minimum absolute atomic E-state index is 0.0969. The molecule has 0 aromatic carbocycles. The summed E-state index contributed by atoms with van der Waals surface area (Å²) in [5.74, 6) is 2.10. The highest BCUT2D eigenvalue weighted by molar-refractivity contribution is 8.00. The number of piperidine rings is 1. The van der Waals surface area contributed by atoms with Gasteiger partial charge in [0.2, 0.25) is 5.91 Å². The molecule has 1 N–H and O–H groups in total. The summed E-state index contributed by atoms with van der Waals surface area (Å²) in [6, 6.07) is 0.0969. The summed E-state index contributed by atoms with van der Waals surface area (Å²) in [6.07, 6.45) is 3.43. The van der Waals surface area contributed by atoms with Gasteiger partial charge in [-0.1, -0.05) is 20.3 Å². The van der Waals surface area contributed by atoms with Crippen molar-refractivity contribution in [3.8, 4) is 0 Å². The van der Waals surface area contributed by atoms with Gasteiger partial charge in [-0.25, -0.2) is 0 Å². The molecule has 2 aliphatic heterocycles. The minimum atomic E-state index is 0.0969. The van der Waals surface area contributed by atoms with E-state index in [1.807, 2.05) is 11.8 Å². The first kappa shape index (κ1) is 13.2. The van der Waals surface area contributed by atoms with Crippen LogP contribution in [0.4, 0.5) is 0 Å². The topological polar surface area (TPSA) is 32.3 Å². The van der Waals surface area contributed by atoms with Crippen molar-refractivity contribution in [3.05, 3.63) is 0 Å². The molecule has 3 nitrogen and oxygen atoms in total. The largest absolute Gasteiger partial charge is 0.339 e. The van der Waals surface area contributed by atoms with Gasteiger partial charge in [-0.05, 0) is 25.3 Å². The lowest BCUT2D eigenvalue weighted by atomic mass is 10.0. The average molecular weight is 256 g/mol. The van der Waals surface area contributed by atoms with E-state index in [0.717, 1.165) is 31.8 Å². The van der Waals surface area contributed by atoms with E-state index in [1.54, 1.807) is 0 Å². The number of nitrogens with zero attached hydrogens (tertiary/aromatic N) is 1. The Morgan fingerprint density at radius 2 is 2.24 bits per heavy atom. The summed E-state index contributed by atoms with van der Waals surface area (Å²) in [7, 11) is 0. The predicted octanol–water partition coefficient (Wildman–Crippen LogP) is 1.73. The number of hydrogen-bond acceptors (Lipinski definition) is 3. The number of rotatable bonds is 2. The molecule has 0 saturated carbocycles. The molecule has 2 atom stereocenters. The lowest BCUT2D eigenvalue weighted by Gasteiger charge is -2.37. The van der Waals surface area contributed by atoms with Gasteiger partial charge in [-0.15, -0.1) is 0 Å². The summed E-state index contributed by atoms with van der Waals surface area (Å²) in [4.78, 5) is 14.5. The lowest BCUT2D eigenvalue weighted by molar-refractivity contribution is -0.134. The Morgan fingerprint density at radius 1 is 1.41 bits per heavy atom. The predicted molar refractivity (Wildman–Crippen MR) is 73.3 cm³/mol. The molecule has 2 saturated heterocycles. The first-order valence-electron chi connectivity index (χ1n) is 6.82. The van der Waals surface area contributed by atoms with Gasteiger partial charge in [0.15, 0.2) is 0 Å². The van der Waals surface area contributed by atoms with Gasteiger partial charge in [0.05, 0.1) is 6.04 Å². The first-order chi connectivity index (χ1) is 8.18.